The minimum atomic E-state index is 0.0550. The van der Waals surface area contributed by atoms with Gasteiger partial charge in [0.25, 0.3) is 5.91 Å². The second-order valence-corrected chi connectivity index (χ2v) is 11.0. The molecule has 2 heterocycles. The van der Waals surface area contributed by atoms with Crippen LogP contribution in [0, 0.1) is 23.2 Å². The lowest BCUT2D eigenvalue weighted by molar-refractivity contribution is 0.0713. The zero-order valence-corrected chi connectivity index (χ0v) is 21.9. The van der Waals surface area contributed by atoms with Gasteiger partial charge in [0, 0.05) is 35.2 Å². The van der Waals surface area contributed by atoms with Gasteiger partial charge in [-0.3, -0.25) is 4.79 Å². The second kappa shape index (κ2) is 10.6. The predicted molar refractivity (Wildman–Crippen MR) is 150 cm³/mol. The number of rotatable bonds is 5. The number of nitriles is 1. The molecule has 1 amide bonds. The average molecular weight is 521 g/mol. The number of halogens is 1. The van der Waals surface area contributed by atoms with Crippen LogP contribution in [0.4, 0.5) is 0 Å². The lowest BCUT2D eigenvalue weighted by atomic mass is 9.73. The number of carbonyl (C=O) groups excluding carboxylic acids is 1. The van der Waals surface area contributed by atoms with Crippen molar-refractivity contribution < 1.29 is 4.79 Å². The molecule has 2 aliphatic rings. The third kappa shape index (κ3) is 5.01. The summed E-state index contributed by atoms with van der Waals surface area (Å²) in [5.74, 6) is 1.12. The summed E-state index contributed by atoms with van der Waals surface area (Å²) in [7, 11) is 0. The van der Waals surface area contributed by atoms with Crippen molar-refractivity contribution in [1.29, 1.82) is 5.26 Å². The summed E-state index contributed by atoms with van der Waals surface area (Å²) in [5, 5.41) is 9.88. The number of aromatic nitrogens is 2. The topological polar surface area (TPSA) is 69.9 Å². The van der Waals surface area contributed by atoms with Gasteiger partial charge >= 0.3 is 0 Å². The van der Waals surface area contributed by atoms with Gasteiger partial charge in [0.05, 0.1) is 28.5 Å². The quantitative estimate of drug-likeness (QED) is 0.282. The van der Waals surface area contributed by atoms with Crippen LogP contribution in [0.25, 0.3) is 22.3 Å². The Balaban J connectivity index is 1.25. The van der Waals surface area contributed by atoms with Crippen molar-refractivity contribution in [2.75, 3.05) is 13.1 Å². The number of likely N-dealkylation sites (tertiary alicyclic amines) is 1. The van der Waals surface area contributed by atoms with Crippen LogP contribution in [-0.4, -0.2) is 33.9 Å². The highest BCUT2D eigenvalue weighted by atomic mass is 35.5. The molecule has 5 nitrogen and oxygen atoms in total. The smallest absolute Gasteiger partial charge is 0.253 e. The van der Waals surface area contributed by atoms with Crippen molar-refractivity contribution in [3.05, 3.63) is 94.6 Å². The Kier molecular flexibility index (Phi) is 6.82. The summed E-state index contributed by atoms with van der Waals surface area (Å²) >= 11 is 6.13. The molecule has 38 heavy (non-hydrogen) atoms. The van der Waals surface area contributed by atoms with E-state index in [9.17, 15) is 10.1 Å². The molecule has 1 saturated carbocycles. The fourth-order valence-electron chi connectivity index (χ4n) is 5.81. The van der Waals surface area contributed by atoms with Crippen LogP contribution in [0.1, 0.15) is 53.2 Å². The number of fused-ring (bicyclic) bond motifs is 1. The number of amides is 1. The molecule has 190 valence electrons. The molecule has 1 saturated heterocycles. The Morgan fingerprint density at radius 3 is 2.39 bits per heavy atom. The lowest BCUT2D eigenvalue weighted by Gasteiger charge is -2.32. The molecule has 6 heteroatoms. The van der Waals surface area contributed by atoms with Gasteiger partial charge in [0.1, 0.15) is 0 Å². The summed E-state index contributed by atoms with van der Waals surface area (Å²) in [5.41, 5.74) is 6.24. The van der Waals surface area contributed by atoms with Crippen LogP contribution >= 0.6 is 11.6 Å². The Morgan fingerprint density at radius 1 is 0.947 bits per heavy atom. The van der Waals surface area contributed by atoms with Crippen LogP contribution in [-0.2, 0) is 6.42 Å². The summed E-state index contributed by atoms with van der Waals surface area (Å²) in [6.07, 6.45) is 4.51. The van der Waals surface area contributed by atoms with E-state index in [0.717, 1.165) is 73.2 Å². The second-order valence-electron chi connectivity index (χ2n) is 10.6. The van der Waals surface area contributed by atoms with Gasteiger partial charge in [0.2, 0.25) is 0 Å². The maximum absolute atomic E-state index is 13.4. The van der Waals surface area contributed by atoms with Crippen LogP contribution in [0.2, 0.25) is 5.02 Å². The van der Waals surface area contributed by atoms with Gasteiger partial charge in [0.15, 0.2) is 0 Å². The Morgan fingerprint density at radius 2 is 1.68 bits per heavy atom. The van der Waals surface area contributed by atoms with Crippen molar-refractivity contribution in [3.8, 4) is 17.3 Å². The number of carbonyl (C=O) groups is 1. The van der Waals surface area contributed by atoms with Crippen molar-refractivity contribution >= 4 is 28.5 Å². The molecule has 1 aliphatic carbocycles. The maximum atomic E-state index is 13.4. The molecule has 0 N–H and O–H groups in total. The first kappa shape index (κ1) is 24.6. The molecule has 0 unspecified atom stereocenters. The summed E-state index contributed by atoms with van der Waals surface area (Å²) in [4.78, 5) is 25.4. The Labute approximate surface area is 228 Å². The van der Waals surface area contributed by atoms with Gasteiger partial charge in [-0.2, -0.15) is 5.26 Å². The lowest BCUT2D eigenvalue weighted by Crippen LogP contribution is -2.37. The van der Waals surface area contributed by atoms with Crippen molar-refractivity contribution in [2.45, 2.75) is 38.0 Å². The summed E-state index contributed by atoms with van der Waals surface area (Å²) in [6.45, 7) is 1.51. The van der Waals surface area contributed by atoms with E-state index in [1.807, 2.05) is 53.4 Å². The summed E-state index contributed by atoms with van der Waals surface area (Å²) in [6, 6.07) is 26.3. The van der Waals surface area contributed by atoms with Gasteiger partial charge in [-0.15, -0.1) is 0 Å². The molecule has 0 bridgehead atoms. The van der Waals surface area contributed by atoms with Crippen LogP contribution in [0.15, 0.2) is 72.8 Å². The van der Waals surface area contributed by atoms with E-state index in [1.165, 1.54) is 5.56 Å². The van der Waals surface area contributed by atoms with Crippen LogP contribution in [0.5, 0.6) is 0 Å². The Bertz CT molecular complexity index is 1500. The van der Waals surface area contributed by atoms with E-state index in [-0.39, 0.29) is 11.8 Å². The van der Waals surface area contributed by atoms with E-state index in [0.29, 0.717) is 22.4 Å². The fourth-order valence-corrected chi connectivity index (χ4v) is 5.94. The first-order valence-corrected chi connectivity index (χ1v) is 13.8. The molecule has 2 fully saturated rings. The van der Waals surface area contributed by atoms with E-state index < -0.39 is 0 Å². The van der Waals surface area contributed by atoms with Crippen molar-refractivity contribution in [2.24, 2.45) is 11.8 Å². The standard InChI is InChI=1S/C32H29ClN4O/c33-27-9-6-25(7-10-27)31-30(18-21-16-22(17-21)20-34)35-29-19-26(8-11-28(29)36-31)32(38)37-14-12-24(13-15-37)23-4-2-1-3-5-23/h1-11,19,21-22,24H,12-18H2. The number of piperidine rings is 1. The highest BCUT2D eigenvalue weighted by Crippen LogP contribution is 2.37. The fraction of sp³-hybridized carbons (Fsp3) is 0.312. The van der Waals surface area contributed by atoms with E-state index in [2.05, 4.69) is 30.3 Å². The van der Waals surface area contributed by atoms with E-state index in [1.54, 1.807) is 0 Å². The molecule has 1 aliphatic heterocycles. The zero-order valence-electron chi connectivity index (χ0n) is 21.2. The van der Waals surface area contributed by atoms with Crippen molar-refractivity contribution in [1.82, 2.24) is 14.9 Å². The number of hydrogen-bond donors (Lipinski definition) is 0. The van der Waals surface area contributed by atoms with Gasteiger partial charge in [-0.05, 0) is 79.8 Å². The molecular formula is C32H29ClN4O. The number of nitrogens with zero attached hydrogens (tertiary/aromatic N) is 4. The van der Waals surface area contributed by atoms with Crippen LogP contribution in [0.3, 0.4) is 0 Å². The Hall–Kier alpha value is -3.75. The zero-order chi connectivity index (χ0) is 26.1. The first-order chi connectivity index (χ1) is 18.6. The van der Waals surface area contributed by atoms with Gasteiger partial charge in [-0.1, -0.05) is 54.1 Å². The van der Waals surface area contributed by atoms with Gasteiger partial charge < -0.3 is 4.90 Å². The molecule has 6 rings (SSSR count). The molecule has 3 aromatic carbocycles. The van der Waals surface area contributed by atoms with Crippen LogP contribution < -0.4 is 0 Å². The van der Waals surface area contributed by atoms with Gasteiger partial charge in [-0.25, -0.2) is 9.97 Å². The number of benzene rings is 3. The minimum Gasteiger partial charge on any atom is -0.339 e. The molecular weight excluding hydrogens is 492 g/mol. The molecule has 4 aromatic rings. The predicted octanol–water partition coefficient (Wildman–Crippen LogP) is 7.06. The normalized spacial score (nSPS) is 19.6. The minimum absolute atomic E-state index is 0.0550. The third-order valence-electron chi connectivity index (χ3n) is 8.05. The largest absolute Gasteiger partial charge is 0.339 e. The first-order valence-electron chi connectivity index (χ1n) is 13.4. The molecule has 0 radical (unpaired) electrons. The highest BCUT2D eigenvalue weighted by molar-refractivity contribution is 6.30. The summed E-state index contributed by atoms with van der Waals surface area (Å²) < 4.78 is 0. The average Bonchev–Trinajstić information content (AvgIpc) is 2.94. The SMILES string of the molecule is N#CC1CC(Cc2nc3cc(C(=O)N4CCC(c5ccccc5)CC4)ccc3nc2-c2ccc(Cl)cc2)C1. The highest BCUT2D eigenvalue weighted by Gasteiger charge is 2.30. The molecule has 1 aromatic heterocycles. The molecule has 0 atom stereocenters. The van der Waals surface area contributed by atoms with Crippen molar-refractivity contribution in [3.63, 3.8) is 0 Å². The molecule has 0 spiro atoms. The van der Waals surface area contributed by atoms with E-state index >= 15 is 0 Å². The maximum Gasteiger partial charge on any atom is 0.253 e. The number of hydrogen-bond acceptors (Lipinski definition) is 4. The van der Waals surface area contributed by atoms with E-state index in [4.69, 9.17) is 21.6 Å². The third-order valence-corrected chi connectivity index (χ3v) is 8.31. The monoisotopic (exact) mass is 520 g/mol.